The third kappa shape index (κ3) is 3.23. The standard InChI is InChI=1S/C11H13FO2S/c1-3-14-11(13)10(12)8-4-6-9(15-2)7-5-8/h4-7,10H,3H2,1-2H3. The summed E-state index contributed by atoms with van der Waals surface area (Å²) < 4.78 is 18.1. The quantitative estimate of drug-likeness (QED) is 0.585. The molecule has 0 spiro atoms. The van der Waals surface area contributed by atoms with Crippen molar-refractivity contribution in [2.75, 3.05) is 12.9 Å². The summed E-state index contributed by atoms with van der Waals surface area (Å²) in [5, 5.41) is 0. The Morgan fingerprint density at radius 2 is 2.07 bits per heavy atom. The van der Waals surface area contributed by atoms with Crippen molar-refractivity contribution >= 4 is 17.7 Å². The molecular formula is C11H13FO2S. The summed E-state index contributed by atoms with van der Waals surface area (Å²) in [5.41, 5.74) is 0.339. The molecule has 2 nitrogen and oxygen atoms in total. The van der Waals surface area contributed by atoms with Crippen molar-refractivity contribution in [3.63, 3.8) is 0 Å². The van der Waals surface area contributed by atoms with Crippen LogP contribution in [0.4, 0.5) is 4.39 Å². The molecule has 0 heterocycles. The first-order chi connectivity index (χ1) is 7.19. The Labute approximate surface area is 92.8 Å². The van der Waals surface area contributed by atoms with Crippen LogP contribution in [0.2, 0.25) is 0 Å². The van der Waals surface area contributed by atoms with Crippen molar-refractivity contribution < 1.29 is 13.9 Å². The van der Waals surface area contributed by atoms with Crippen LogP contribution in [-0.4, -0.2) is 18.8 Å². The van der Waals surface area contributed by atoms with Gasteiger partial charge in [0.25, 0.3) is 0 Å². The Kier molecular flexibility index (Phi) is 4.62. The van der Waals surface area contributed by atoms with Crippen molar-refractivity contribution in [3.05, 3.63) is 29.8 Å². The molecule has 0 radical (unpaired) electrons. The van der Waals surface area contributed by atoms with E-state index in [2.05, 4.69) is 4.74 Å². The van der Waals surface area contributed by atoms with Crippen LogP contribution >= 0.6 is 11.8 Å². The van der Waals surface area contributed by atoms with E-state index in [1.807, 2.05) is 6.26 Å². The number of carbonyl (C=O) groups is 1. The maximum Gasteiger partial charge on any atom is 0.345 e. The van der Waals surface area contributed by atoms with Crippen LogP contribution < -0.4 is 0 Å². The normalized spacial score (nSPS) is 12.2. The summed E-state index contributed by atoms with van der Waals surface area (Å²) in [4.78, 5) is 12.1. The third-order valence-electron chi connectivity index (χ3n) is 1.90. The molecule has 82 valence electrons. The molecule has 4 heteroatoms. The van der Waals surface area contributed by atoms with Crippen molar-refractivity contribution in [3.8, 4) is 0 Å². The van der Waals surface area contributed by atoms with E-state index in [0.717, 1.165) is 4.90 Å². The lowest BCUT2D eigenvalue weighted by Crippen LogP contribution is -2.11. The van der Waals surface area contributed by atoms with Gasteiger partial charge in [-0.2, -0.15) is 0 Å². The predicted octanol–water partition coefficient (Wildman–Crippen LogP) is 2.98. The molecule has 0 saturated heterocycles. The van der Waals surface area contributed by atoms with Crippen LogP contribution in [-0.2, 0) is 9.53 Å². The highest BCUT2D eigenvalue weighted by atomic mass is 32.2. The number of hydrogen-bond donors (Lipinski definition) is 0. The van der Waals surface area contributed by atoms with Gasteiger partial charge in [-0.25, -0.2) is 9.18 Å². The Balaban J connectivity index is 2.73. The molecule has 0 aliphatic carbocycles. The molecule has 1 rings (SSSR count). The second kappa shape index (κ2) is 5.75. The zero-order valence-corrected chi connectivity index (χ0v) is 9.51. The van der Waals surface area contributed by atoms with Crippen LogP contribution in [0.3, 0.4) is 0 Å². The molecule has 1 atom stereocenters. The van der Waals surface area contributed by atoms with Gasteiger partial charge in [0, 0.05) is 4.90 Å². The molecule has 0 N–H and O–H groups in total. The zero-order valence-electron chi connectivity index (χ0n) is 8.70. The van der Waals surface area contributed by atoms with Gasteiger partial charge < -0.3 is 4.74 Å². The topological polar surface area (TPSA) is 26.3 Å². The second-order valence-electron chi connectivity index (χ2n) is 2.89. The SMILES string of the molecule is CCOC(=O)C(F)c1ccc(SC)cc1. The predicted molar refractivity (Wildman–Crippen MR) is 58.7 cm³/mol. The van der Waals surface area contributed by atoms with Crippen LogP contribution in [0.5, 0.6) is 0 Å². The summed E-state index contributed by atoms with van der Waals surface area (Å²) >= 11 is 1.57. The Morgan fingerprint density at radius 1 is 1.47 bits per heavy atom. The molecule has 0 fully saturated rings. The van der Waals surface area contributed by atoms with Crippen LogP contribution in [0, 0.1) is 0 Å². The number of benzene rings is 1. The van der Waals surface area contributed by atoms with E-state index in [-0.39, 0.29) is 6.61 Å². The van der Waals surface area contributed by atoms with E-state index < -0.39 is 12.1 Å². The minimum absolute atomic E-state index is 0.197. The van der Waals surface area contributed by atoms with E-state index in [4.69, 9.17) is 0 Å². The summed E-state index contributed by atoms with van der Waals surface area (Å²) in [7, 11) is 0. The number of ether oxygens (including phenoxy) is 1. The lowest BCUT2D eigenvalue weighted by atomic mass is 10.1. The van der Waals surface area contributed by atoms with Crippen molar-refractivity contribution in [1.82, 2.24) is 0 Å². The molecule has 0 aliphatic heterocycles. The van der Waals surface area contributed by atoms with Crippen molar-refractivity contribution in [2.45, 2.75) is 18.0 Å². The molecule has 1 aromatic rings. The van der Waals surface area contributed by atoms with E-state index in [9.17, 15) is 9.18 Å². The van der Waals surface area contributed by atoms with Gasteiger partial charge in [-0.05, 0) is 30.9 Å². The summed E-state index contributed by atoms with van der Waals surface area (Å²) in [5.74, 6) is -0.825. The summed E-state index contributed by atoms with van der Waals surface area (Å²) in [6, 6.07) is 6.78. The van der Waals surface area contributed by atoms with Gasteiger partial charge in [-0.3, -0.25) is 0 Å². The van der Waals surface area contributed by atoms with Gasteiger partial charge in [0.15, 0.2) is 0 Å². The summed E-state index contributed by atoms with van der Waals surface area (Å²) in [6.45, 7) is 1.85. The van der Waals surface area contributed by atoms with E-state index in [1.54, 1.807) is 43.0 Å². The van der Waals surface area contributed by atoms with Crippen LogP contribution in [0.25, 0.3) is 0 Å². The largest absolute Gasteiger partial charge is 0.464 e. The molecule has 0 amide bonds. The van der Waals surface area contributed by atoms with Crippen molar-refractivity contribution in [2.24, 2.45) is 0 Å². The number of carbonyl (C=O) groups excluding carboxylic acids is 1. The Hall–Kier alpha value is -1.03. The number of thioether (sulfide) groups is 1. The fourth-order valence-corrected chi connectivity index (χ4v) is 1.53. The fraction of sp³-hybridized carbons (Fsp3) is 0.364. The molecule has 0 aliphatic rings. The van der Waals surface area contributed by atoms with Gasteiger partial charge in [-0.15, -0.1) is 11.8 Å². The van der Waals surface area contributed by atoms with Gasteiger partial charge >= 0.3 is 5.97 Å². The van der Waals surface area contributed by atoms with Gasteiger partial charge in [0.2, 0.25) is 6.17 Å². The van der Waals surface area contributed by atoms with Gasteiger partial charge in [-0.1, -0.05) is 12.1 Å². The first-order valence-electron chi connectivity index (χ1n) is 4.63. The highest BCUT2D eigenvalue weighted by Gasteiger charge is 2.20. The lowest BCUT2D eigenvalue weighted by Gasteiger charge is -2.07. The number of rotatable bonds is 4. The van der Waals surface area contributed by atoms with E-state index in [1.165, 1.54) is 0 Å². The molecule has 15 heavy (non-hydrogen) atoms. The molecular weight excluding hydrogens is 215 g/mol. The minimum Gasteiger partial charge on any atom is -0.464 e. The maximum absolute atomic E-state index is 13.5. The fourth-order valence-electron chi connectivity index (χ4n) is 1.12. The van der Waals surface area contributed by atoms with E-state index >= 15 is 0 Å². The maximum atomic E-state index is 13.5. The minimum atomic E-state index is -1.68. The first kappa shape index (κ1) is 12.0. The number of halogens is 1. The second-order valence-corrected chi connectivity index (χ2v) is 3.77. The molecule has 0 aromatic heterocycles. The highest BCUT2D eigenvalue weighted by molar-refractivity contribution is 7.98. The number of esters is 1. The molecule has 1 aromatic carbocycles. The highest BCUT2D eigenvalue weighted by Crippen LogP contribution is 2.22. The number of hydrogen-bond acceptors (Lipinski definition) is 3. The third-order valence-corrected chi connectivity index (χ3v) is 2.65. The Bertz CT molecular complexity index is 324. The van der Waals surface area contributed by atoms with Crippen molar-refractivity contribution in [1.29, 1.82) is 0 Å². The summed E-state index contributed by atoms with van der Waals surface area (Å²) in [6.07, 6.45) is 0.258. The average Bonchev–Trinajstić information content (AvgIpc) is 2.28. The molecule has 0 bridgehead atoms. The monoisotopic (exact) mass is 228 g/mol. The Morgan fingerprint density at radius 3 is 2.53 bits per heavy atom. The van der Waals surface area contributed by atoms with Crippen LogP contribution in [0.15, 0.2) is 29.2 Å². The number of alkyl halides is 1. The van der Waals surface area contributed by atoms with Gasteiger partial charge in [0.1, 0.15) is 0 Å². The van der Waals surface area contributed by atoms with Crippen LogP contribution in [0.1, 0.15) is 18.7 Å². The molecule has 1 unspecified atom stereocenters. The smallest absolute Gasteiger partial charge is 0.345 e. The lowest BCUT2D eigenvalue weighted by molar-refractivity contribution is -0.149. The zero-order chi connectivity index (χ0) is 11.3. The average molecular weight is 228 g/mol. The van der Waals surface area contributed by atoms with Gasteiger partial charge in [0.05, 0.1) is 6.61 Å². The first-order valence-corrected chi connectivity index (χ1v) is 5.86. The van der Waals surface area contributed by atoms with E-state index in [0.29, 0.717) is 5.56 Å². The molecule has 0 saturated carbocycles.